The van der Waals surface area contributed by atoms with Crippen LogP contribution in [0, 0.1) is 5.41 Å². The van der Waals surface area contributed by atoms with Gasteiger partial charge in [0.25, 0.3) is 0 Å². The van der Waals surface area contributed by atoms with Crippen molar-refractivity contribution in [2.45, 2.75) is 32.7 Å². The van der Waals surface area contributed by atoms with Gasteiger partial charge in [-0.3, -0.25) is 0 Å². The third kappa shape index (κ3) is 3.45. The summed E-state index contributed by atoms with van der Waals surface area (Å²) in [5.74, 6) is 0.194. The van der Waals surface area contributed by atoms with Crippen molar-refractivity contribution >= 4 is 11.8 Å². The summed E-state index contributed by atoms with van der Waals surface area (Å²) in [7, 11) is 1.33. The smallest absolute Gasteiger partial charge is 0.358 e. The van der Waals surface area contributed by atoms with Crippen LogP contribution in [0.4, 0.5) is 5.82 Å². The Hall–Kier alpha value is -1.69. The van der Waals surface area contributed by atoms with Gasteiger partial charge in [-0.1, -0.05) is 13.8 Å². The molecule has 1 aliphatic heterocycles. The van der Waals surface area contributed by atoms with Crippen molar-refractivity contribution in [3.05, 3.63) is 17.8 Å². The molecule has 1 aliphatic rings. The molecule has 1 atom stereocenters. The van der Waals surface area contributed by atoms with E-state index in [9.17, 15) is 4.79 Å². The maximum absolute atomic E-state index is 11.3. The third-order valence-corrected chi connectivity index (χ3v) is 3.88. The van der Waals surface area contributed by atoms with E-state index in [1.165, 1.54) is 20.0 Å². The van der Waals surface area contributed by atoms with E-state index in [1.54, 1.807) is 12.1 Å². The second-order valence-electron chi connectivity index (χ2n) is 5.78. The van der Waals surface area contributed by atoms with E-state index in [4.69, 9.17) is 0 Å². The summed E-state index contributed by atoms with van der Waals surface area (Å²) in [6.07, 6.45) is 2.44. The fraction of sp³-hybridized carbons (Fsp3) is 0.643. The van der Waals surface area contributed by atoms with E-state index in [1.807, 2.05) is 0 Å². The summed E-state index contributed by atoms with van der Waals surface area (Å²) in [6.45, 7) is 6.40. The quantitative estimate of drug-likeness (QED) is 0.812. The molecular formula is C14H22N4O2. The Morgan fingerprint density at radius 2 is 2.30 bits per heavy atom. The molecule has 0 bridgehead atoms. The lowest BCUT2D eigenvalue weighted by molar-refractivity contribution is 0.0593. The summed E-state index contributed by atoms with van der Waals surface area (Å²) in [4.78, 5) is 11.3. The van der Waals surface area contributed by atoms with Crippen molar-refractivity contribution in [3.63, 3.8) is 0 Å². The Labute approximate surface area is 119 Å². The molecule has 1 unspecified atom stereocenters. The topological polar surface area (TPSA) is 76.1 Å². The van der Waals surface area contributed by atoms with Gasteiger partial charge in [0.15, 0.2) is 5.69 Å². The molecule has 0 spiro atoms. The first-order valence-electron chi connectivity index (χ1n) is 6.92. The molecule has 1 fully saturated rings. The summed E-state index contributed by atoms with van der Waals surface area (Å²) >= 11 is 0. The number of aromatic nitrogens is 2. The summed E-state index contributed by atoms with van der Waals surface area (Å²) in [5, 5.41) is 14.6. The van der Waals surface area contributed by atoms with Crippen LogP contribution in [0.25, 0.3) is 0 Å². The van der Waals surface area contributed by atoms with Crippen molar-refractivity contribution < 1.29 is 9.53 Å². The zero-order valence-electron chi connectivity index (χ0n) is 12.3. The highest BCUT2D eigenvalue weighted by Crippen LogP contribution is 2.29. The Balaban J connectivity index is 1.92. The number of hydrogen-bond acceptors (Lipinski definition) is 6. The Morgan fingerprint density at radius 1 is 1.50 bits per heavy atom. The number of carbonyl (C=O) groups is 1. The molecule has 1 saturated heterocycles. The van der Waals surface area contributed by atoms with Crippen molar-refractivity contribution in [2.24, 2.45) is 5.41 Å². The first-order chi connectivity index (χ1) is 9.53. The number of nitrogens with zero attached hydrogens (tertiary/aromatic N) is 2. The molecule has 0 saturated carbocycles. The summed E-state index contributed by atoms with van der Waals surface area (Å²) in [5.41, 5.74) is 0.485. The van der Waals surface area contributed by atoms with Crippen molar-refractivity contribution in [1.29, 1.82) is 0 Å². The number of piperidine rings is 1. The van der Waals surface area contributed by atoms with Crippen LogP contribution in [-0.4, -0.2) is 42.4 Å². The molecule has 1 aromatic heterocycles. The maximum atomic E-state index is 11.3. The van der Waals surface area contributed by atoms with E-state index in [-0.39, 0.29) is 11.1 Å². The number of nitrogens with one attached hydrogen (secondary N) is 2. The Bertz CT molecular complexity index is 459. The second-order valence-corrected chi connectivity index (χ2v) is 5.78. The number of esters is 1. The van der Waals surface area contributed by atoms with Crippen LogP contribution in [0.15, 0.2) is 12.1 Å². The van der Waals surface area contributed by atoms with Gasteiger partial charge in [0.05, 0.1) is 7.11 Å². The molecule has 110 valence electrons. The lowest BCUT2D eigenvalue weighted by Gasteiger charge is -2.39. The predicted octanol–water partition coefficient (Wildman–Crippen LogP) is 1.45. The van der Waals surface area contributed by atoms with Gasteiger partial charge in [-0.15, -0.1) is 10.2 Å². The van der Waals surface area contributed by atoms with Crippen LogP contribution >= 0.6 is 0 Å². The van der Waals surface area contributed by atoms with Gasteiger partial charge >= 0.3 is 5.97 Å². The molecule has 6 nitrogen and oxygen atoms in total. The van der Waals surface area contributed by atoms with Crippen LogP contribution in [0.5, 0.6) is 0 Å². The molecular weight excluding hydrogens is 256 g/mol. The van der Waals surface area contributed by atoms with E-state index >= 15 is 0 Å². The summed E-state index contributed by atoms with van der Waals surface area (Å²) < 4.78 is 4.59. The van der Waals surface area contributed by atoms with Gasteiger partial charge in [0, 0.05) is 12.6 Å². The van der Waals surface area contributed by atoms with Crippen LogP contribution in [-0.2, 0) is 4.74 Å². The molecule has 2 N–H and O–H groups in total. The zero-order chi connectivity index (χ0) is 14.6. The highest BCUT2D eigenvalue weighted by molar-refractivity contribution is 5.86. The Morgan fingerprint density at radius 3 is 2.90 bits per heavy atom. The minimum atomic E-state index is -0.473. The average molecular weight is 278 g/mol. The highest BCUT2D eigenvalue weighted by Gasteiger charge is 2.31. The van der Waals surface area contributed by atoms with E-state index in [2.05, 4.69) is 39.4 Å². The normalized spacial score (nSPS) is 21.2. The Kier molecular flexibility index (Phi) is 4.54. The lowest BCUT2D eigenvalue weighted by Crippen LogP contribution is -2.50. The molecule has 1 aromatic rings. The van der Waals surface area contributed by atoms with Crippen molar-refractivity contribution in [1.82, 2.24) is 15.5 Å². The molecule has 2 rings (SSSR count). The molecule has 0 amide bonds. The van der Waals surface area contributed by atoms with E-state index in [0.29, 0.717) is 11.9 Å². The van der Waals surface area contributed by atoms with Crippen LogP contribution < -0.4 is 10.6 Å². The second kappa shape index (κ2) is 6.17. The first-order valence-corrected chi connectivity index (χ1v) is 6.92. The molecule has 0 radical (unpaired) electrons. The lowest BCUT2D eigenvalue weighted by atomic mass is 9.77. The minimum absolute atomic E-state index is 0.217. The van der Waals surface area contributed by atoms with Gasteiger partial charge in [-0.2, -0.15) is 0 Å². The SMILES string of the molecule is COC(=O)c1ccc(NCC2NCCCC2(C)C)nn1. The molecule has 20 heavy (non-hydrogen) atoms. The monoisotopic (exact) mass is 278 g/mol. The number of methoxy groups -OCH3 is 1. The standard InChI is InChI=1S/C14H22N4O2/c1-14(2)7-4-8-15-11(14)9-16-12-6-5-10(17-18-12)13(19)20-3/h5-6,11,15H,4,7-9H2,1-3H3,(H,16,18). The highest BCUT2D eigenvalue weighted by atomic mass is 16.5. The first kappa shape index (κ1) is 14.7. The molecule has 0 aliphatic carbocycles. The van der Waals surface area contributed by atoms with Crippen LogP contribution in [0.3, 0.4) is 0 Å². The maximum Gasteiger partial charge on any atom is 0.358 e. The third-order valence-electron chi connectivity index (χ3n) is 3.88. The number of ether oxygens (including phenoxy) is 1. The fourth-order valence-corrected chi connectivity index (χ4v) is 2.47. The number of carbonyl (C=O) groups excluding carboxylic acids is 1. The van der Waals surface area contributed by atoms with Gasteiger partial charge in [-0.25, -0.2) is 4.79 Å². The molecule has 6 heteroatoms. The van der Waals surface area contributed by atoms with Crippen molar-refractivity contribution in [3.8, 4) is 0 Å². The van der Waals surface area contributed by atoms with E-state index in [0.717, 1.165) is 13.1 Å². The minimum Gasteiger partial charge on any atom is -0.464 e. The summed E-state index contributed by atoms with van der Waals surface area (Å²) in [6, 6.07) is 3.76. The molecule has 2 heterocycles. The predicted molar refractivity (Wildman–Crippen MR) is 76.7 cm³/mol. The van der Waals surface area contributed by atoms with Gasteiger partial charge < -0.3 is 15.4 Å². The largest absolute Gasteiger partial charge is 0.464 e. The van der Waals surface area contributed by atoms with Gasteiger partial charge in [0.1, 0.15) is 5.82 Å². The number of hydrogen-bond donors (Lipinski definition) is 2. The molecule has 0 aromatic carbocycles. The zero-order valence-corrected chi connectivity index (χ0v) is 12.3. The van der Waals surface area contributed by atoms with E-state index < -0.39 is 5.97 Å². The van der Waals surface area contributed by atoms with Crippen LogP contribution in [0.1, 0.15) is 37.2 Å². The average Bonchev–Trinajstić information content (AvgIpc) is 2.45. The van der Waals surface area contributed by atoms with Gasteiger partial charge in [0.2, 0.25) is 0 Å². The van der Waals surface area contributed by atoms with Crippen molar-refractivity contribution in [2.75, 3.05) is 25.5 Å². The fourth-order valence-electron chi connectivity index (χ4n) is 2.47. The number of rotatable bonds is 4. The van der Waals surface area contributed by atoms with Gasteiger partial charge in [-0.05, 0) is 36.9 Å². The van der Waals surface area contributed by atoms with Crippen LogP contribution in [0.2, 0.25) is 0 Å². The number of anilines is 1.